The molecule has 0 aliphatic carbocycles. The molecule has 3 N–H and O–H groups in total. The average Bonchev–Trinajstić information content (AvgIpc) is 2.89. The summed E-state index contributed by atoms with van der Waals surface area (Å²) < 4.78 is 1.61. The fourth-order valence-corrected chi connectivity index (χ4v) is 3.88. The van der Waals surface area contributed by atoms with Crippen LogP contribution in [0.15, 0.2) is 78.0 Å². The lowest BCUT2D eigenvalue weighted by Crippen LogP contribution is -2.26. The molecule has 3 heterocycles. The fourth-order valence-electron chi connectivity index (χ4n) is 3.88. The highest BCUT2D eigenvalue weighted by atomic mass is 16.1. The molecule has 2 aromatic carbocycles. The van der Waals surface area contributed by atoms with Gasteiger partial charge in [-0.25, -0.2) is 9.97 Å². The van der Waals surface area contributed by atoms with E-state index < -0.39 is 0 Å². The molecule has 0 unspecified atom stereocenters. The zero-order chi connectivity index (χ0) is 24.2. The van der Waals surface area contributed by atoms with Gasteiger partial charge in [0.2, 0.25) is 5.95 Å². The third-order valence-corrected chi connectivity index (χ3v) is 5.45. The van der Waals surface area contributed by atoms with Crippen LogP contribution in [0.25, 0.3) is 27.7 Å². The summed E-state index contributed by atoms with van der Waals surface area (Å²) in [6.07, 6.45) is 4.97. The number of nitrogens with two attached hydrogens (primary N) is 1. The Morgan fingerprint density at radius 2 is 1.86 bits per heavy atom. The minimum Gasteiger partial charge on any atom is -0.368 e. The maximum Gasteiger partial charge on any atom is 0.266 e. The van der Waals surface area contributed by atoms with Gasteiger partial charge in [-0.3, -0.25) is 9.36 Å². The van der Waals surface area contributed by atoms with Gasteiger partial charge in [0.15, 0.2) is 0 Å². The monoisotopic (exact) mass is 461 g/mol. The Morgan fingerprint density at radius 3 is 2.63 bits per heavy atom. The van der Waals surface area contributed by atoms with Crippen molar-refractivity contribution in [3.05, 3.63) is 94.9 Å². The van der Waals surface area contributed by atoms with E-state index in [9.17, 15) is 10.1 Å². The molecule has 0 saturated heterocycles. The van der Waals surface area contributed by atoms with Gasteiger partial charge in [0.25, 0.3) is 5.56 Å². The normalized spacial score (nSPS) is 10.7. The highest BCUT2D eigenvalue weighted by Gasteiger charge is 2.17. The molecule has 0 bridgehead atoms. The summed E-state index contributed by atoms with van der Waals surface area (Å²) in [6, 6.07) is 18.8. The van der Waals surface area contributed by atoms with Crippen LogP contribution in [0.4, 0.5) is 11.8 Å². The van der Waals surface area contributed by atoms with Crippen molar-refractivity contribution < 1.29 is 0 Å². The van der Waals surface area contributed by atoms with Crippen molar-refractivity contribution in [2.45, 2.75) is 6.42 Å². The number of nitrogens with zero attached hydrogens (tertiary/aromatic N) is 7. The number of fused-ring (bicyclic) bond motifs is 1. The van der Waals surface area contributed by atoms with Crippen LogP contribution in [-0.2, 0) is 6.42 Å². The number of benzene rings is 2. The Morgan fingerprint density at radius 1 is 1.00 bits per heavy atom. The summed E-state index contributed by atoms with van der Waals surface area (Å²) in [5, 5.41) is 20.7. The number of hydrogen-bond donors (Lipinski definition) is 2. The molecule has 5 aromatic rings. The second-order valence-electron chi connectivity index (χ2n) is 7.61. The minimum atomic E-state index is -0.187. The van der Waals surface area contributed by atoms with Crippen molar-refractivity contribution in [3.63, 3.8) is 0 Å². The predicted octanol–water partition coefficient (Wildman–Crippen LogP) is 2.74. The molecule has 0 spiro atoms. The van der Waals surface area contributed by atoms with Crippen molar-refractivity contribution >= 4 is 22.7 Å². The lowest BCUT2D eigenvalue weighted by atomic mass is 10.0. The third kappa shape index (κ3) is 4.26. The number of aromatic nitrogens is 6. The van der Waals surface area contributed by atoms with E-state index in [2.05, 4.69) is 25.5 Å². The van der Waals surface area contributed by atoms with Gasteiger partial charge in [0.1, 0.15) is 23.3 Å². The molecule has 10 heteroatoms. The standard InChI is InChI=1S/C25H19N9O/c26-13-17-14-29-25(27)33-23(17)28-11-10-21-32-20-8-4-7-19(16-9-12-30-31-15-16)22(20)24(35)34(21)18-5-2-1-3-6-18/h1-9,12,14-15H,10-11H2,(H3,27,28,29,33). The molecule has 0 aliphatic heterocycles. The highest BCUT2D eigenvalue weighted by molar-refractivity contribution is 5.94. The fraction of sp³-hybridized carbons (Fsp3) is 0.0800. The lowest BCUT2D eigenvalue weighted by Gasteiger charge is -2.16. The number of hydrogen-bond acceptors (Lipinski definition) is 9. The van der Waals surface area contributed by atoms with Gasteiger partial charge >= 0.3 is 0 Å². The number of para-hydroxylation sites is 1. The van der Waals surface area contributed by atoms with Crippen molar-refractivity contribution in [3.8, 4) is 22.9 Å². The topological polar surface area (TPSA) is 148 Å². The summed E-state index contributed by atoms with van der Waals surface area (Å²) in [5.74, 6) is 0.961. The zero-order valence-electron chi connectivity index (χ0n) is 18.5. The first-order valence-electron chi connectivity index (χ1n) is 10.8. The number of nitrogen functional groups attached to an aromatic ring is 1. The van der Waals surface area contributed by atoms with Gasteiger partial charge in [-0.15, -0.1) is 0 Å². The zero-order valence-corrected chi connectivity index (χ0v) is 18.5. The van der Waals surface area contributed by atoms with Gasteiger partial charge < -0.3 is 11.1 Å². The Hall–Kier alpha value is -5.17. The maximum atomic E-state index is 13.9. The number of nitriles is 1. The second kappa shape index (κ2) is 9.36. The summed E-state index contributed by atoms with van der Waals surface area (Å²) in [4.78, 5) is 26.7. The summed E-state index contributed by atoms with van der Waals surface area (Å²) in [6.45, 7) is 0.365. The van der Waals surface area contributed by atoms with Gasteiger partial charge in [0, 0.05) is 18.5 Å². The summed E-state index contributed by atoms with van der Waals surface area (Å²) in [5.41, 5.74) is 8.56. The molecular weight excluding hydrogens is 442 g/mol. The molecule has 0 saturated carbocycles. The molecule has 10 nitrogen and oxygen atoms in total. The molecular formula is C25H19N9O. The van der Waals surface area contributed by atoms with Crippen LogP contribution >= 0.6 is 0 Å². The molecule has 0 aliphatic rings. The van der Waals surface area contributed by atoms with Gasteiger partial charge in [-0.1, -0.05) is 30.3 Å². The van der Waals surface area contributed by atoms with E-state index in [1.807, 2.05) is 60.7 Å². The molecule has 0 atom stereocenters. The second-order valence-corrected chi connectivity index (χ2v) is 7.61. The van der Waals surface area contributed by atoms with Crippen molar-refractivity contribution in [2.24, 2.45) is 0 Å². The molecule has 0 radical (unpaired) electrons. The van der Waals surface area contributed by atoms with Crippen LogP contribution in [0.1, 0.15) is 11.4 Å². The Balaban J connectivity index is 1.61. The van der Waals surface area contributed by atoms with Crippen LogP contribution in [-0.4, -0.2) is 36.3 Å². The molecule has 5 rings (SSSR count). The quantitative estimate of drug-likeness (QED) is 0.389. The predicted molar refractivity (Wildman–Crippen MR) is 132 cm³/mol. The minimum absolute atomic E-state index is 0.0645. The Labute approximate surface area is 199 Å². The van der Waals surface area contributed by atoms with E-state index in [0.717, 1.165) is 11.1 Å². The van der Waals surface area contributed by atoms with Crippen molar-refractivity contribution in [2.75, 3.05) is 17.6 Å². The SMILES string of the molecule is N#Cc1cnc(N)nc1NCCc1nc2cccc(-c3ccnnc3)c2c(=O)n1-c1ccccc1. The summed E-state index contributed by atoms with van der Waals surface area (Å²) >= 11 is 0. The van der Waals surface area contributed by atoms with Crippen LogP contribution in [0.2, 0.25) is 0 Å². The first kappa shape index (κ1) is 21.7. The third-order valence-electron chi connectivity index (χ3n) is 5.45. The van der Waals surface area contributed by atoms with Crippen LogP contribution < -0.4 is 16.6 Å². The first-order valence-corrected chi connectivity index (χ1v) is 10.8. The first-order chi connectivity index (χ1) is 17.2. The lowest BCUT2D eigenvalue weighted by molar-refractivity contribution is 0.809. The Kier molecular flexibility index (Phi) is 5.80. The largest absolute Gasteiger partial charge is 0.368 e. The van der Waals surface area contributed by atoms with E-state index >= 15 is 0 Å². The van der Waals surface area contributed by atoms with Crippen LogP contribution in [0.5, 0.6) is 0 Å². The molecule has 0 amide bonds. The van der Waals surface area contributed by atoms with Gasteiger partial charge in [0.05, 0.1) is 35.2 Å². The van der Waals surface area contributed by atoms with E-state index in [1.165, 1.54) is 6.20 Å². The molecule has 0 fully saturated rings. The van der Waals surface area contributed by atoms with E-state index in [1.54, 1.807) is 17.0 Å². The van der Waals surface area contributed by atoms with Crippen molar-refractivity contribution in [1.29, 1.82) is 5.26 Å². The number of rotatable bonds is 6. The van der Waals surface area contributed by atoms with Crippen LogP contribution in [0, 0.1) is 11.3 Å². The molecule has 35 heavy (non-hydrogen) atoms. The molecule has 170 valence electrons. The maximum absolute atomic E-state index is 13.9. The van der Waals surface area contributed by atoms with E-state index in [0.29, 0.717) is 41.2 Å². The Bertz CT molecular complexity index is 1610. The number of nitrogens with one attached hydrogen (secondary N) is 1. The number of anilines is 2. The van der Waals surface area contributed by atoms with Gasteiger partial charge in [-0.2, -0.15) is 20.4 Å². The van der Waals surface area contributed by atoms with Crippen LogP contribution in [0.3, 0.4) is 0 Å². The smallest absolute Gasteiger partial charge is 0.266 e. The van der Waals surface area contributed by atoms with Gasteiger partial charge in [-0.05, 0) is 29.8 Å². The summed E-state index contributed by atoms with van der Waals surface area (Å²) in [7, 11) is 0. The van der Waals surface area contributed by atoms with E-state index in [-0.39, 0.29) is 17.1 Å². The average molecular weight is 461 g/mol. The molecule has 3 aromatic heterocycles. The highest BCUT2D eigenvalue weighted by Crippen LogP contribution is 2.25. The van der Waals surface area contributed by atoms with E-state index in [4.69, 9.17) is 10.7 Å². The van der Waals surface area contributed by atoms with Crippen molar-refractivity contribution in [1.82, 2.24) is 29.7 Å².